The number of piperidine rings is 1. The quantitative estimate of drug-likeness (QED) is 0.458. The molecule has 0 saturated carbocycles. The molecule has 1 saturated heterocycles. The van der Waals surface area contributed by atoms with Gasteiger partial charge in [0.15, 0.2) is 0 Å². The van der Waals surface area contributed by atoms with Gasteiger partial charge in [-0.3, -0.25) is 4.79 Å². The predicted octanol–water partition coefficient (Wildman–Crippen LogP) is 6.13. The molecule has 0 aliphatic carbocycles. The summed E-state index contributed by atoms with van der Waals surface area (Å²) in [5.74, 6) is -2.20. The van der Waals surface area contributed by atoms with Gasteiger partial charge in [-0.15, -0.1) is 0 Å². The number of aromatic nitrogens is 2. The predicted molar refractivity (Wildman–Crippen MR) is 137 cm³/mol. The summed E-state index contributed by atoms with van der Waals surface area (Å²) in [6.07, 6.45) is 2.31. The maximum Gasteiger partial charge on any atom is 0.410 e. The monoisotopic (exact) mass is 510 g/mol. The Bertz CT molecular complexity index is 1320. The molecule has 2 amide bonds. The van der Waals surface area contributed by atoms with E-state index in [1.165, 1.54) is 12.3 Å². The first-order chi connectivity index (χ1) is 17.4. The van der Waals surface area contributed by atoms with Gasteiger partial charge in [0.25, 0.3) is 5.91 Å². The summed E-state index contributed by atoms with van der Waals surface area (Å²) in [4.78, 5) is 27.6. The van der Waals surface area contributed by atoms with E-state index in [-0.39, 0.29) is 17.7 Å². The average molecular weight is 511 g/mol. The molecule has 0 unspecified atom stereocenters. The summed E-state index contributed by atoms with van der Waals surface area (Å²) in [6, 6.07) is 8.98. The van der Waals surface area contributed by atoms with E-state index in [2.05, 4.69) is 10.4 Å². The number of rotatable bonds is 4. The number of benzene rings is 2. The molecule has 196 valence electrons. The molecular weight excluding hydrogens is 478 g/mol. The third kappa shape index (κ3) is 5.98. The smallest absolute Gasteiger partial charge is 0.410 e. The summed E-state index contributed by atoms with van der Waals surface area (Å²) < 4.78 is 34.9. The number of amides is 2. The standard InChI is InChI=1S/C28H32F2N4O3/c1-17-6-9-24(18(2)14-17)34-25(19-10-12-33(13-11-19)27(36)37-28(3,4)5)21(16-31-34)26(35)32-23-8-7-20(29)15-22(23)30/h6-9,14-16,19H,10-13H2,1-5H3,(H,32,35). The summed E-state index contributed by atoms with van der Waals surface area (Å²) >= 11 is 0. The molecule has 1 aromatic heterocycles. The zero-order chi connectivity index (χ0) is 26.9. The fourth-order valence-electron chi connectivity index (χ4n) is 4.60. The average Bonchev–Trinajstić information content (AvgIpc) is 3.25. The van der Waals surface area contributed by atoms with Crippen molar-refractivity contribution in [3.05, 3.63) is 76.6 Å². The molecule has 1 aliphatic heterocycles. The maximum atomic E-state index is 14.3. The summed E-state index contributed by atoms with van der Waals surface area (Å²) in [5, 5.41) is 7.11. The summed E-state index contributed by atoms with van der Waals surface area (Å²) in [5.41, 5.74) is 3.22. The highest BCUT2D eigenvalue weighted by molar-refractivity contribution is 6.05. The van der Waals surface area contributed by atoms with Crippen molar-refractivity contribution in [2.24, 2.45) is 0 Å². The molecule has 1 N–H and O–H groups in total. The van der Waals surface area contributed by atoms with Gasteiger partial charge in [0.1, 0.15) is 17.2 Å². The van der Waals surface area contributed by atoms with Gasteiger partial charge in [0, 0.05) is 25.1 Å². The molecule has 1 aliphatic rings. The molecule has 1 fully saturated rings. The minimum atomic E-state index is -0.859. The fourth-order valence-corrected chi connectivity index (χ4v) is 4.60. The van der Waals surface area contributed by atoms with E-state index >= 15 is 0 Å². The van der Waals surface area contributed by atoms with Crippen molar-refractivity contribution in [2.75, 3.05) is 18.4 Å². The Morgan fingerprint density at radius 1 is 1.05 bits per heavy atom. The number of carbonyl (C=O) groups excluding carboxylic acids is 2. The number of hydrogen-bond donors (Lipinski definition) is 1. The molecule has 3 aromatic rings. The number of anilines is 1. The van der Waals surface area contributed by atoms with Gasteiger partial charge in [0.2, 0.25) is 0 Å². The van der Waals surface area contributed by atoms with Crippen LogP contribution >= 0.6 is 0 Å². The first kappa shape index (κ1) is 26.3. The van der Waals surface area contributed by atoms with Gasteiger partial charge in [-0.1, -0.05) is 17.7 Å². The van der Waals surface area contributed by atoms with Crippen molar-refractivity contribution in [1.29, 1.82) is 0 Å². The van der Waals surface area contributed by atoms with Crippen molar-refractivity contribution in [1.82, 2.24) is 14.7 Å². The Kier molecular flexibility index (Phi) is 7.34. The van der Waals surface area contributed by atoms with Crippen molar-refractivity contribution in [3.63, 3.8) is 0 Å². The van der Waals surface area contributed by atoms with E-state index < -0.39 is 23.1 Å². The molecule has 2 aromatic carbocycles. The Hall–Kier alpha value is -3.75. The number of aryl methyl sites for hydroxylation is 2. The topological polar surface area (TPSA) is 76.5 Å². The Balaban J connectivity index is 1.66. The van der Waals surface area contributed by atoms with Crippen LogP contribution in [-0.2, 0) is 4.74 Å². The van der Waals surface area contributed by atoms with Crippen molar-refractivity contribution >= 4 is 17.7 Å². The third-order valence-corrected chi connectivity index (χ3v) is 6.34. The number of halogens is 2. The largest absolute Gasteiger partial charge is 0.444 e. The highest BCUT2D eigenvalue weighted by atomic mass is 19.1. The highest BCUT2D eigenvalue weighted by Gasteiger charge is 2.32. The van der Waals surface area contributed by atoms with Crippen molar-refractivity contribution < 1.29 is 23.1 Å². The zero-order valence-electron chi connectivity index (χ0n) is 21.8. The van der Waals surface area contributed by atoms with Crippen molar-refractivity contribution in [2.45, 2.75) is 59.0 Å². The first-order valence-corrected chi connectivity index (χ1v) is 12.3. The molecular formula is C28H32F2N4O3. The molecule has 0 spiro atoms. The van der Waals surface area contributed by atoms with Crippen LogP contribution in [0.2, 0.25) is 0 Å². The zero-order valence-corrected chi connectivity index (χ0v) is 21.8. The van der Waals surface area contributed by atoms with Gasteiger partial charge in [0.05, 0.1) is 28.8 Å². The van der Waals surface area contributed by atoms with E-state index in [9.17, 15) is 18.4 Å². The van der Waals surface area contributed by atoms with Crippen LogP contribution in [0, 0.1) is 25.5 Å². The van der Waals surface area contributed by atoms with Crippen LogP contribution in [0.5, 0.6) is 0 Å². The van der Waals surface area contributed by atoms with Gasteiger partial charge in [-0.25, -0.2) is 18.3 Å². The van der Waals surface area contributed by atoms with Crippen LogP contribution in [0.15, 0.2) is 42.6 Å². The van der Waals surface area contributed by atoms with E-state index in [0.29, 0.717) is 37.2 Å². The minimum Gasteiger partial charge on any atom is -0.444 e. The number of likely N-dealkylation sites (tertiary alicyclic amines) is 1. The SMILES string of the molecule is Cc1ccc(-n2ncc(C(=O)Nc3ccc(F)cc3F)c2C2CCN(C(=O)OC(C)(C)C)CC2)c(C)c1. The van der Waals surface area contributed by atoms with Crippen LogP contribution < -0.4 is 5.32 Å². The van der Waals surface area contributed by atoms with Crippen molar-refractivity contribution in [3.8, 4) is 5.69 Å². The molecule has 7 nitrogen and oxygen atoms in total. The number of nitrogens with zero attached hydrogens (tertiary/aromatic N) is 3. The van der Waals surface area contributed by atoms with E-state index in [1.54, 1.807) is 9.58 Å². The lowest BCUT2D eigenvalue weighted by molar-refractivity contribution is 0.0203. The Labute approximate surface area is 215 Å². The first-order valence-electron chi connectivity index (χ1n) is 12.3. The van der Waals surface area contributed by atoms with Gasteiger partial charge >= 0.3 is 6.09 Å². The molecule has 0 atom stereocenters. The van der Waals surface area contributed by atoms with Crippen LogP contribution in [0.25, 0.3) is 5.69 Å². The second kappa shape index (κ2) is 10.3. The van der Waals surface area contributed by atoms with E-state index in [4.69, 9.17) is 4.74 Å². The molecule has 0 radical (unpaired) electrons. The molecule has 37 heavy (non-hydrogen) atoms. The Morgan fingerprint density at radius 3 is 2.38 bits per heavy atom. The molecule has 4 rings (SSSR count). The number of nitrogens with one attached hydrogen (secondary N) is 1. The lowest BCUT2D eigenvalue weighted by atomic mass is 9.90. The van der Waals surface area contributed by atoms with E-state index in [0.717, 1.165) is 28.9 Å². The van der Waals surface area contributed by atoms with Crippen LogP contribution in [0.1, 0.15) is 66.7 Å². The highest BCUT2D eigenvalue weighted by Crippen LogP contribution is 2.34. The van der Waals surface area contributed by atoms with Gasteiger partial charge in [-0.2, -0.15) is 5.10 Å². The Morgan fingerprint density at radius 2 is 1.76 bits per heavy atom. The number of hydrogen-bond acceptors (Lipinski definition) is 4. The van der Waals surface area contributed by atoms with Gasteiger partial charge in [-0.05, 0) is 71.2 Å². The second-order valence-electron chi connectivity index (χ2n) is 10.5. The minimum absolute atomic E-state index is 0.0827. The van der Waals surface area contributed by atoms with Crippen LogP contribution in [0.3, 0.4) is 0 Å². The molecule has 0 bridgehead atoms. The molecule has 2 heterocycles. The maximum absolute atomic E-state index is 14.3. The lowest BCUT2D eigenvalue weighted by Crippen LogP contribution is -2.41. The normalized spacial score (nSPS) is 14.5. The fraction of sp³-hybridized carbons (Fsp3) is 0.393. The van der Waals surface area contributed by atoms with Gasteiger partial charge < -0.3 is 15.0 Å². The second-order valence-corrected chi connectivity index (χ2v) is 10.5. The molecule has 9 heteroatoms. The summed E-state index contributed by atoms with van der Waals surface area (Å²) in [7, 11) is 0. The van der Waals surface area contributed by atoms with Crippen LogP contribution in [0.4, 0.5) is 19.3 Å². The number of ether oxygens (including phenoxy) is 1. The van der Waals surface area contributed by atoms with E-state index in [1.807, 2.05) is 52.8 Å². The van der Waals surface area contributed by atoms with Crippen LogP contribution in [-0.4, -0.2) is 45.4 Å². The number of carbonyl (C=O) groups is 2. The lowest BCUT2D eigenvalue weighted by Gasteiger charge is -2.34. The third-order valence-electron chi connectivity index (χ3n) is 6.34. The summed E-state index contributed by atoms with van der Waals surface area (Å²) in [6.45, 7) is 10.4.